The van der Waals surface area contributed by atoms with Gasteiger partial charge in [0.15, 0.2) is 0 Å². The van der Waals surface area contributed by atoms with Crippen molar-refractivity contribution in [2.45, 2.75) is 45.6 Å². The van der Waals surface area contributed by atoms with Crippen molar-refractivity contribution in [1.82, 2.24) is 15.5 Å². The van der Waals surface area contributed by atoms with Crippen LogP contribution in [-0.4, -0.2) is 33.3 Å². The summed E-state index contributed by atoms with van der Waals surface area (Å²) in [7, 11) is 0. The Morgan fingerprint density at radius 3 is 2.63 bits per heavy atom. The Kier molecular flexibility index (Phi) is 6.20. The smallest absolute Gasteiger partial charge is 0.326 e. The summed E-state index contributed by atoms with van der Waals surface area (Å²) >= 11 is 1.27. The minimum atomic E-state index is -1.03. The lowest BCUT2D eigenvalue weighted by Crippen LogP contribution is -2.42. The maximum absolute atomic E-state index is 11.6. The molecule has 0 fully saturated rings. The molecular weight excluding hydrogens is 268 g/mol. The first-order valence-corrected chi connectivity index (χ1v) is 7.01. The second-order valence-electron chi connectivity index (χ2n) is 3.99. The van der Waals surface area contributed by atoms with Gasteiger partial charge in [0.1, 0.15) is 11.0 Å². The van der Waals surface area contributed by atoms with Gasteiger partial charge in [-0.1, -0.05) is 38.0 Å². The minimum absolute atomic E-state index is 0.369. The Hall–Kier alpha value is -1.70. The van der Waals surface area contributed by atoms with Crippen LogP contribution in [0.3, 0.4) is 0 Å². The lowest BCUT2D eigenvalue weighted by atomic mass is 10.1. The standard InChI is InChI=1S/C11H18N4O3S/c1-3-5-6-7(9(16)17)12-10(18)13-11-15-14-8(4-2)19-11/h7H,3-6H2,1-2H3,(H,16,17)(H2,12,13,15,18)/t7-/m0/s1. The number of aliphatic carboxylic acids is 1. The summed E-state index contributed by atoms with van der Waals surface area (Å²) in [5.41, 5.74) is 0. The van der Waals surface area contributed by atoms with Crippen LogP contribution in [0.1, 0.15) is 38.1 Å². The van der Waals surface area contributed by atoms with Crippen LogP contribution in [0.25, 0.3) is 0 Å². The molecule has 0 saturated carbocycles. The number of amides is 2. The second-order valence-corrected chi connectivity index (χ2v) is 5.05. The molecule has 1 aromatic heterocycles. The molecule has 0 aliphatic heterocycles. The molecule has 106 valence electrons. The molecule has 0 unspecified atom stereocenters. The van der Waals surface area contributed by atoms with E-state index in [1.165, 1.54) is 11.3 Å². The van der Waals surface area contributed by atoms with E-state index in [0.29, 0.717) is 11.6 Å². The van der Waals surface area contributed by atoms with Crippen molar-refractivity contribution in [3.63, 3.8) is 0 Å². The number of anilines is 1. The van der Waals surface area contributed by atoms with Crippen LogP contribution in [0.5, 0.6) is 0 Å². The first-order chi connectivity index (χ1) is 9.06. The Labute approximate surface area is 115 Å². The number of urea groups is 1. The zero-order chi connectivity index (χ0) is 14.3. The van der Waals surface area contributed by atoms with Gasteiger partial charge in [0.2, 0.25) is 5.13 Å². The third-order valence-electron chi connectivity index (χ3n) is 2.44. The van der Waals surface area contributed by atoms with E-state index in [0.717, 1.165) is 24.3 Å². The van der Waals surface area contributed by atoms with Crippen molar-refractivity contribution in [3.05, 3.63) is 5.01 Å². The summed E-state index contributed by atoms with van der Waals surface area (Å²) in [6.07, 6.45) is 2.78. The maximum Gasteiger partial charge on any atom is 0.326 e. The number of unbranched alkanes of at least 4 members (excludes halogenated alkanes) is 1. The molecule has 0 saturated heterocycles. The van der Waals surface area contributed by atoms with Gasteiger partial charge in [-0.25, -0.2) is 9.59 Å². The van der Waals surface area contributed by atoms with Crippen LogP contribution in [0.15, 0.2) is 0 Å². The van der Waals surface area contributed by atoms with Gasteiger partial charge in [0, 0.05) is 0 Å². The van der Waals surface area contributed by atoms with Crippen molar-refractivity contribution in [3.8, 4) is 0 Å². The fourth-order valence-corrected chi connectivity index (χ4v) is 2.08. The largest absolute Gasteiger partial charge is 0.480 e. The van der Waals surface area contributed by atoms with E-state index in [2.05, 4.69) is 20.8 Å². The molecule has 3 N–H and O–H groups in total. The van der Waals surface area contributed by atoms with Gasteiger partial charge in [0.05, 0.1) is 0 Å². The second kappa shape index (κ2) is 7.67. The highest BCUT2D eigenvalue weighted by atomic mass is 32.1. The van der Waals surface area contributed by atoms with Crippen LogP contribution in [0.2, 0.25) is 0 Å². The normalized spacial score (nSPS) is 11.9. The number of nitrogens with zero attached hydrogens (tertiary/aromatic N) is 2. The molecule has 0 radical (unpaired) electrons. The fourth-order valence-electron chi connectivity index (χ4n) is 1.40. The van der Waals surface area contributed by atoms with Crippen LogP contribution in [0.4, 0.5) is 9.93 Å². The summed E-state index contributed by atoms with van der Waals surface area (Å²) in [4.78, 5) is 22.6. The average molecular weight is 286 g/mol. The van der Waals surface area contributed by atoms with E-state index in [1.807, 2.05) is 13.8 Å². The molecule has 0 aliphatic carbocycles. The minimum Gasteiger partial charge on any atom is -0.480 e. The Balaban J connectivity index is 2.49. The number of hydrogen-bond acceptors (Lipinski definition) is 5. The van der Waals surface area contributed by atoms with Crippen molar-refractivity contribution in [2.24, 2.45) is 0 Å². The van der Waals surface area contributed by atoms with Gasteiger partial charge >= 0.3 is 12.0 Å². The molecule has 0 spiro atoms. The topological polar surface area (TPSA) is 104 Å². The van der Waals surface area contributed by atoms with Gasteiger partial charge < -0.3 is 10.4 Å². The molecule has 1 rings (SSSR count). The zero-order valence-corrected chi connectivity index (χ0v) is 11.8. The quantitative estimate of drug-likeness (QED) is 0.709. The van der Waals surface area contributed by atoms with Gasteiger partial charge in [-0.05, 0) is 12.8 Å². The molecule has 1 atom stereocenters. The molecule has 8 heteroatoms. The highest BCUT2D eigenvalue weighted by Gasteiger charge is 2.19. The third-order valence-corrected chi connectivity index (χ3v) is 3.42. The maximum atomic E-state index is 11.6. The lowest BCUT2D eigenvalue weighted by Gasteiger charge is -2.13. The number of nitrogens with one attached hydrogen (secondary N) is 2. The van der Waals surface area contributed by atoms with Crippen molar-refractivity contribution >= 4 is 28.5 Å². The van der Waals surface area contributed by atoms with Crippen LogP contribution < -0.4 is 10.6 Å². The summed E-state index contributed by atoms with van der Waals surface area (Å²) in [5, 5.41) is 22.7. The molecule has 19 heavy (non-hydrogen) atoms. The van der Waals surface area contributed by atoms with Crippen molar-refractivity contribution < 1.29 is 14.7 Å². The van der Waals surface area contributed by atoms with E-state index in [4.69, 9.17) is 5.11 Å². The number of hydrogen-bond donors (Lipinski definition) is 3. The molecule has 1 aromatic rings. The van der Waals surface area contributed by atoms with Gasteiger partial charge in [-0.15, -0.1) is 10.2 Å². The summed E-state index contributed by atoms with van der Waals surface area (Å²) in [6, 6.07) is -1.44. The van der Waals surface area contributed by atoms with E-state index in [9.17, 15) is 9.59 Å². The lowest BCUT2D eigenvalue weighted by molar-refractivity contribution is -0.139. The number of carbonyl (C=O) groups excluding carboxylic acids is 1. The van der Waals surface area contributed by atoms with Crippen LogP contribution in [0, 0.1) is 0 Å². The number of aryl methyl sites for hydroxylation is 1. The highest BCUT2D eigenvalue weighted by Crippen LogP contribution is 2.15. The van der Waals surface area contributed by atoms with Crippen molar-refractivity contribution in [2.75, 3.05) is 5.32 Å². The average Bonchev–Trinajstić information content (AvgIpc) is 2.81. The third kappa shape index (κ3) is 5.21. The summed E-state index contributed by atoms with van der Waals surface area (Å²) < 4.78 is 0. The number of carbonyl (C=O) groups is 2. The molecular formula is C11H18N4O3S. The number of aromatic nitrogens is 2. The summed E-state index contributed by atoms with van der Waals surface area (Å²) in [6.45, 7) is 3.90. The number of carboxylic acids is 1. The Morgan fingerprint density at radius 1 is 1.37 bits per heavy atom. The van der Waals surface area contributed by atoms with Crippen molar-refractivity contribution in [1.29, 1.82) is 0 Å². The summed E-state index contributed by atoms with van der Waals surface area (Å²) in [5.74, 6) is -1.03. The first kappa shape index (κ1) is 15.4. The van der Waals surface area contributed by atoms with Crippen LogP contribution in [-0.2, 0) is 11.2 Å². The zero-order valence-electron chi connectivity index (χ0n) is 11.0. The molecule has 0 aromatic carbocycles. The van der Waals surface area contributed by atoms with Gasteiger partial charge in [-0.3, -0.25) is 5.32 Å². The van der Waals surface area contributed by atoms with E-state index >= 15 is 0 Å². The van der Waals surface area contributed by atoms with E-state index in [1.54, 1.807) is 0 Å². The molecule has 0 aliphatic rings. The first-order valence-electron chi connectivity index (χ1n) is 6.19. The fraction of sp³-hybridized carbons (Fsp3) is 0.636. The number of carboxylic acid groups (broad SMARTS) is 1. The van der Waals surface area contributed by atoms with Gasteiger partial charge in [-0.2, -0.15) is 0 Å². The van der Waals surface area contributed by atoms with E-state index in [-0.39, 0.29) is 0 Å². The molecule has 7 nitrogen and oxygen atoms in total. The molecule has 1 heterocycles. The number of rotatable bonds is 7. The molecule has 2 amide bonds. The van der Waals surface area contributed by atoms with E-state index < -0.39 is 18.0 Å². The predicted octanol–water partition coefficient (Wildman–Crippen LogP) is 1.87. The van der Waals surface area contributed by atoms with Crippen LogP contribution >= 0.6 is 11.3 Å². The van der Waals surface area contributed by atoms with Gasteiger partial charge in [0.25, 0.3) is 0 Å². The Morgan fingerprint density at radius 2 is 2.11 bits per heavy atom. The SMILES string of the molecule is CCCC[C@H](NC(=O)Nc1nnc(CC)s1)C(=O)O. The Bertz CT molecular complexity index is 435. The predicted molar refractivity (Wildman–Crippen MR) is 72.4 cm³/mol. The molecule has 0 bridgehead atoms. The highest BCUT2D eigenvalue weighted by molar-refractivity contribution is 7.15. The monoisotopic (exact) mass is 286 g/mol.